The summed E-state index contributed by atoms with van der Waals surface area (Å²) in [5, 5.41) is 0. The zero-order valence-electron chi connectivity index (χ0n) is 19.9. The van der Waals surface area contributed by atoms with Crippen LogP contribution in [0.1, 0.15) is 75.2 Å². The summed E-state index contributed by atoms with van der Waals surface area (Å²) in [6.45, 7) is 18.9. The van der Waals surface area contributed by atoms with Crippen LogP contribution in [0.4, 0.5) is 0 Å². The van der Waals surface area contributed by atoms with E-state index >= 15 is 0 Å². The van der Waals surface area contributed by atoms with Gasteiger partial charge in [-0.3, -0.25) is 9.59 Å². The molecular weight excluding hydrogens is 388 g/mol. The van der Waals surface area contributed by atoms with Gasteiger partial charge in [-0.15, -0.1) is 0 Å². The van der Waals surface area contributed by atoms with Crippen LogP contribution in [0, 0.1) is 11.3 Å². The molecule has 29 heavy (non-hydrogen) atoms. The van der Waals surface area contributed by atoms with Crippen molar-refractivity contribution < 1.29 is 28.3 Å². The topological polar surface area (TPSA) is 78.9 Å². The molecule has 0 rings (SSSR count). The highest BCUT2D eigenvalue weighted by atomic mass is 28.4. The summed E-state index contributed by atoms with van der Waals surface area (Å²) >= 11 is 0. The second-order valence-corrected chi connectivity index (χ2v) is 14.2. The SMILES string of the molecule is CCOC(=O)C(C)(C(=O)OCC)C(C=O)CCCO[Si](C(C)C)(C(C)C)C(C)C. The Hall–Kier alpha value is -1.21. The lowest BCUT2D eigenvalue weighted by Gasteiger charge is -2.42. The lowest BCUT2D eigenvalue weighted by Crippen LogP contribution is -2.48. The number of rotatable bonds is 14. The van der Waals surface area contributed by atoms with Crippen molar-refractivity contribution in [3.8, 4) is 0 Å². The van der Waals surface area contributed by atoms with E-state index in [1.54, 1.807) is 13.8 Å². The van der Waals surface area contributed by atoms with Crippen molar-refractivity contribution in [2.45, 2.75) is 91.8 Å². The molecule has 7 heteroatoms. The van der Waals surface area contributed by atoms with E-state index < -0.39 is 31.6 Å². The van der Waals surface area contributed by atoms with Crippen molar-refractivity contribution in [3.63, 3.8) is 0 Å². The molecule has 0 saturated heterocycles. The third kappa shape index (κ3) is 6.38. The van der Waals surface area contributed by atoms with Crippen molar-refractivity contribution in [3.05, 3.63) is 0 Å². The van der Waals surface area contributed by atoms with Gasteiger partial charge in [0.15, 0.2) is 13.7 Å². The van der Waals surface area contributed by atoms with Gasteiger partial charge < -0.3 is 18.7 Å². The van der Waals surface area contributed by atoms with E-state index in [0.717, 1.165) is 0 Å². The molecule has 0 aliphatic rings. The van der Waals surface area contributed by atoms with E-state index in [9.17, 15) is 14.4 Å². The molecule has 0 N–H and O–H groups in total. The van der Waals surface area contributed by atoms with E-state index in [4.69, 9.17) is 13.9 Å². The number of hydrogen-bond acceptors (Lipinski definition) is 6. The molecule has 0 radical (unpaired) electrons. The molecule has 0 aliphatic carbocycles. The largest absolute Gasteiger partial charge is 0.465 e. The number of esters is 2. The fraction of sp³-hybridized carbons (Fsp3) is 0.864. The van der Waals surface area contributed by atoms with Crippen molar-refractivity contribution in [1.29, 1.82) is 0 Å². The van der Waals surface area contributed by atoms with Crippen LogP contribution >= 0.6 is 0 Å². The van der Waals surface area contributed by atoms with Crippen LogP contribution in [0.5, 0.6) is 0 Å². The van der Waals surface area contributed by atoms with E-state index in [1.807, 2.05) is 0 Å². The average Bonchev–Trinajstić information content (AvgIpc) is 2.63. The Morgan fingerprint density at radius 3 is 1.62 bits per heavy atom. The van der Waals surface area contributed by atoms with Gasteiger partial charge in [0.2, 0.25) is 0 Å². The van der Waals surface area contributed by atoms with Crippen LogP contribution in [0.2, 0.25) is 16.6 Å². The number of ether oxygens (including phenoxy) is 2. The maximum atomic E-state index is 12.5. The molecule has 1 unspecified atom stereocenters. The van der Waals surface area contributed by atoms with Crippen LogP contribution in [0.15, 0.2) is 0 Å². The van der Waals surface area contributed by atoms with E-state index in [1.165, 1.54) is 6.92 Å². The van der Waals surface area contributed by atoms with Gasteiger partial charge in [0.05, 0.1) is 13.2 Å². The summed E-state index contributed by atoms with van der Waals surface area (Å²) in [5.41, 5.74) is -0.243. The summed E-state index contributed by atoms with van der Waals surface area (Å²) in [4.78, 5) is 36.9. The summed E-state index contributed by atoms with van der Waals surface area (Å²) in [6.07, 6.45) is 1.61. The highest BCUT2D eigenvalue weighted by Crippen LogP contribution is 2.42. The third-order valence-corrected chi connectivity index (χ3v) is 12.1. The molecule has 0 spiro atoms. The second kappa shape index (κ2) is 12.5. The Morgan fingerprint density at radius 2 is 1.31 bits per heavy atom. The first-order chi connectivity index (χ1) is 13.5. The third-order valence-electron chi connectivity index (χ3n) is 6.02. The summed E-state index contributed by atoms with van der Waals surface area (Å²) in [6, 6.07) is 0. The molecule has 0 aromatic heterocycles. The highest BCUT2D eigenvalue weighted by molar-refractivity contribution is 6.77. The highest BCUT2D eigenvalue weighted by Gasteiger charge is 2.51. The lowest BCUT2D eigenvalue weighted by atomic mass is 9.75. The second-order valence-electron chi connectivity index (χ2n) is 8.69. The van der Waals surface area contributed by atoms with Crippen molar-refractivity contribution in [2.75, 3.05) is 19.8 Å². The summed E-state index contributed by atoms with van der Waals surface area (Å²) in [7, 11) is -2.00. The van der Waals surface area contributed by atoms with Crippen LogP contribution in [-0.2, 0) is 28.3 Å². The monoisotopic (exact) mass is 430 g/mol. The maximum absolute atomic E-state index is 12.5. The standard InChI is InChI=1S/C22H42O6Si/c1-10-26-20(24)22(9,21(25)27-11-2)19(15-23)13-12-14-28-29(16(3)4,17(5)6)18(7)8/h15-19H,10-14H2,1-9H3. The van der Waals surface area contributed by atoms with Gasteiger partial charge in [-0.05, 0) is 50.2 Å². The van der Waals surface area contributed by atoms with Crippen molar-refractivity contribution >= 4 is 26.5 Å². The Morgan fingerprint density at radius 1 is 0.897 bits per heavy atom. The predicted molar refractivity (Wildman–Crippen MR) is 117 cm³/mol. The molecule has 170 valence electrons. The predicted octanol–water partition coefficient (Wildman–Crippen LogP) is 4.91. The van der Waals surface area contributed by atoms with Crippen molar-refractivity contribution in [2.24, 2.45) is 11.3 Å². The molecule has 0 heterocycles. The zero-order valence-corrected chi connectivity index (χ0v) is 20.9. The Bertz CT molecular complexity index is 490. The number of carbonyl (C=O) groups excluding carboxylic acids is 3. The van der Waals surface area contributed by atoms with Gasteiger partial charge in [-0.1, -0.05) is 41.5 Å². The van der Waals surface area contributed by atoms with Crippen LogP contribution in [-0.4, -0.2) is 46.4 Å². The molecule has 0 saturated carbocycles. The van der Waals surface area contributed by atoms with E-state index in [-0.39, 0.29) is 13.2 Å². The van der Waals surface area contributed by atoms with E-state index in [0.29, 0.717) is 42.4 Å². The summed E-state index contributed by atoms with van der Waals surface area (Å²) in [5.74, 6) is -2.25. The van der Waals surface area contributed by atoms with Gasteiger partial charge >= 0.3 is 11.9 Å². The van der Waals surface area contributed by atoms with Gasteiger partial charge in [-0.2, -0.15) is 0 Å². The number of aldehydes is 1. The molecule has 0 amide bonds. The number of hydrogen-bond donors (Lipinski definition) is 0. The molecule has 0 fully saturated rings. The normalized spacial score (nSPS) is 13.7. The number of carbonyl (C=O) groups is 3. The smallest absolute Gasteiger partial charge is 0.323 e. The zero-order chi connectivity index (χ0) is 22.8. The van der Waals surface area contributed by atoms with Crippen LogP contribution in [0.25, 0.3) is 0 Å². The van der Waals surface area contributed by atoms with Crippen LogP contribution in [0.3, 0.4) is 0 Å². The van der Waals surface area contributed by atoms with Gasteiger partial charge in [-0.25, -0.2) is 0 Å². The van der Waals surface area contributed by atoms with Gasteiger partial charge in [0.25, 0.3) is 0 Å². The Kier molecular flexibility index (Phi) is 12.0. The molecule has 0 bridgehead atoms. The Labute approximate surface area is 178 Å². The summed E-state index contributed by atoms with van der Waals surface area (Å²) < 4.78 is 16.7. The van der Waals surface area contributed by atoms with Gasteiger partial charge in [0.1, 0.15) is 6.29 Å². The van der Waals surface area contributed by atoms with Crippen molar-refractivity contribution in [1.82, 2.24) is 0 Å². The minimum atomic E-state index is -2.00. The van der Waals surface area contributed by atoms with Crippen LogP contribution < -0.4 is 0 Å². The molecule has 0 aromatic rings. The molecular formula is C22H42O6Si. The first-order valence-electron chi connectivity index (χ1n) is 10.9. The van der Waals surface area contributed by atoms with E-state index in [2.05, 4.69) is 41.5 Å². The molecule has 1 atom stereocenters. The minimum Gasteiger partial charge on any atom is -0.465 e. The lowest BCUT2D eigenvalue weighted by molar-refractivity contribution is -0.176. The maximum Gasteiger partial charge on any atom is 0.323 e. The Balaban J connectivity index is 5.36. The molecule has 0 aliphatic heterocycles. The quantitative estimate of drug-likeness (QED) is 0.128. The first-order valence-corrected chi connectivity index (χ1v) is 13.0. The first kappa shape index (κ1) is 27.8. The fourth-order valence-electron chi connectivity index (χ4n) is 4.49. The van der Waals surface area contributed by atoms with Gasteiger partial charge in [0, 0.05) is 12.5 Å². The minimum absolute atomic E-state index is 0.133. The molecule has 6 nitrogen and oxygen atoms in total. The average molecular weight is 431 g/mol. The molecule has 0 aromatic carbocycles. The fourth-order valence-corrected chi connectivity index (χ4v) is 9.99.